The van der Waals surface area contributed by atoms with Crippen molar-refractivity contribution in [2.24, 2.45) is 5.73 Å². The molecule has 0 aliphatic carbocycles. The van der Waals surface area contributed by atoms with Crippen molar-refractivity contribution in [3.05, 3.63) is 57.6 Å². The number of benzene rings is 2. The standard InChI is InChI=1S/C26H28Cl2N6O3S/c1-25(2,3)17-7-9-21(19(28)13-17)34-24(31-32-33-34)38-15-23(36)30-20-8-6-16(12-18(20)27)10-11-26(4,5)37-14-22(29)35/h6-9,12-13H,14-15H2,1-5H3,(H2,29,35)(H,30,36). The van der Waals surface area contributed by atoms with E-state index < -0.39 is 11.5 Å². The maximum atomic E-state index is 12.6. The van der Waals surface area contributed by atoms with Gasteiger partial charge in [-0.1, -0.05) is 73.6 Å². The largest absolute Gasteiger partial charge is 0.368 e. The van der Waals surface area contributed by atoms with Crippen molar-refractivity contribution in [1.29, 1.82) is 0 Å². The molecule has 38 heavy (non-hydrogen) atoms. The average Bonchev–Trinajstić information content (AvgIpc) is 3.29. The molecule has 1 heterocycles. The van der Waals surface area contributed by atoms with Crippen LogP contribution >= 0.6 is 35.0 Å². The molecule has 0 bridgehead atoms. The zero-order valence-electron chi connectivity index (χ0n) is 21.6. The zero-order valence-corrected chi connectivity index (χ0v) is 24.0. The van der Waals surface area contributed by atoms with Crippen molar-refractivity contribution >= 4 is 52.5 Å². The van der Waals surface area contributed by atoms with E-state index in [1.54, 1.807) is 32.0 Å². The number of amides is 2. The van der Waals surface area contributed by atoms with E-state index in [2.05, 4.69) is 53.5 Å². The Bertz CT molecular complexity index is 1410. The van der Waals surface area contributed by atoms with Gasteiger partial charge in [0.25, 0.3) is 0 Å². The highest BCUT2D eigenvalue weighted by molar-refractivity contribution is 7.99. The molecule has 1 aromatic heterocycles. The maximum absolute atomic E-state index is 12.6. The lowest BCUT2D eigenvalue weighted by Gasteiger charge is -2.20. The number of nitrogens with one attached hydrogen (secondary N) is 1. The molecule has 0 saturated heterocycles. The van der Waals surface area contributed by atoms with Crippen molar-refractivity contribution in [3.63, 3.8) is 0 Å². The minimum Gasteiger partial charge on any atom is -0.368 e. The number of anilines is 1. The summed E-state index contributed by atoms with van der Waals surface area (Å²) in [6, 6.07) is 10.7. The number of carbonyl (C=O) groups is 2. The predicted molar refractivity (Wildman–Crippen MR) is 150 cm³/mol. The molecule has 0 radical (unpaired) electrons. The Kier molecular flexibility index (Phi) is 9.44. The molecule has 0 aliphatic rings. The van der Waals surface area contributed by atoms with Gasteiger partial charge in [-0.2, -0.15) is 4.68 Å². The molecule has 0 saturated carbocycles. The summed E-state index contributed by atoms with van der Waals surface area (Å²) in [6.45, 7) is 9.53. The van der Waals surface area contributed by atoms with Crippen LogP contribution < -0.4 is 11.1 Å². The highest BCUT2D eigenvalue weighted by Gasteiger charge is 2.19. The van der Waals surface area contributed by atoms with Crippen molar-refractivity contribution in [2.45, 2.75) is 50.8 Å². The Balaban J connectivity index is 1.63. The van der Waals surface area contributed by atoms with Gasteiger partial charge in [0.05, 0.1) is 27.2 Å². The Morgan fingerprint density at radius 3 is 2.47 bits per heavy atom. The predicted octanol–water partition coefficient (Wildman–Crippen LogP) is 4.63. The van der Waals surface area contributed by atoms with Crippen LogP contribution in [-0.4, -0.2) is 50.0 Å². The normalized spacial score (nSPS) is 11.6. The van der Waals surface area contributed by atoms with Crippen LogP contribution in [0.25, 0.3) is 5.69 Å². The van der Waals surface area contributed by atoms with Crippen molar-refractivity contribution in [1.82, 2.24) is 20.2 Å². The van der Waals surface area contributed by atoms with Gasteiger partial charge in [-0.3, -0.25) is 9.59 Å². The Morgan fingerprint density at radius 2 is 1.84 bits per heavy atom. The number of aromatic nitrogens is 4. The number of primary amides is 1. The first-order valence-corrected chi connectivity index (χ1v) is 13.3. The first-order valence-electron chi connectivity index (χ1n) is 11.5. The van der Waals surface area contributed by atoms with Crippen molar-refractivity contribution in [2.75, 3.05) is 17.7 Å². The number of nitrogens with two attached hydrogens (primary N) is 1. The van der Waals surface area contributed by atoms with Crippen LogP contribution in [0.5, 0.6) is 0 Å². The fourth-order valence-electron chi connectivity index (χ4n) is 3.09. The van der Waals surface area contributed by atoms with Crippen LogP contribution in [0.2, 0.25) is 10.0 Å². The third-order valence-electron chi connectivity index (χ3n) is 5.14. The zero-order chi connectivity index (χ0) is 28.1. The van der Waals surface area contributed by atoms with E-state index in [0.717, 1.165) is 17.3 Å². The molecule has 9 nitrogen and oxygen atoms in total. The highest BCUT2D eigenvalue weighted by Crippen LogP contribution is 2.30. The summed E-state index contributed by atoms with van der Waals surface area (Å²) in [7, 11) is 0. The lowest BCUT2D eigenvalue weighted by atomic mass is 9.87. The van der Waals surface area contributed by atoms with Gasteiger partial charge in [0.15, 0.2) is 0 Å². The number of tetrazole rings is 1. The molecular weight excluding hydrogens is 547 g/mol. The van der Waals surface area contributed by atoms with Gasteiger partial charge in [0, 0.05) is 5.56 Å². The van der Waals surface area contributed by atoms with Crippen LogP contribution in [-0.2, 0) is 19.7 Å². The van der Waals surface area contributed by atoms with Crippen molar-refractivity contribution < 1.29 is 14.3 Å². The Hall–Kier alpha value is -3.10. The first kappa shape index (κ1) is 29.5. The summed E-state index contributed by atoms with van der Waals surface area (Å²) < 4.78 is 6.88. The number of halogens is 2. The van der Waals surface area contributed by atoms with Gasteiger partial charge in [-0.25, -0.2) is 0 Å². The quantitative estimate of drug-likeness (QED) is 0.296. The average molecular weight is 576 g/mol. The van der Waals surface area contributed by atoms with E-state index in [9.17, 15) is 9.59 Å². The molecule has 12 heteroatoms. The van der Waals surface area contributed by atoms with Gasteiger partial charge in [-0.15, -0.1) is 5.10 Å². The van der Waals surface area contributed by atoms with Crippen molar-refractivity contribution in [3.8, 4) is 17.5 Å². The van der Waals surface area contributed by atoms with Gasteiger partial charge in [-0.05, 0) is 65.6 Å². The number of nitrogens with zero attached hydrogens (tertiary/aromatic N) is 4. The van der Waals surface area contributed by atoms with E-state index in [1.807, 2.05) is 18.2 Å². The van der Waals surface area contributed by atoms with Crippen LogP contribution in [0.4, 0.5) is 5.69 Å². The van der Waals surface area contributed by atoms with E-state index in [0.29, 0.717) is 32.1 Å². The number of thioether (sulfide) groups is 1. The smallest absolute Gasteiger partial charge is 0.243 e. The summed E-state index contributed by atoms with van der Waals surface area (Å²) in [5, 5.41) is 15.8. The molecule has 2 amide bonds. The lowest BCUT2D eigenvalue weighted by Crippen LogP contribution is -2.29. The fraction of sp³-hybridized carbons (Fsp3) is 0.346. The third-order valence-corrected chi connectivity index (χ3v) is 6.68. The Morgan fingerprint density at radius 1 is 1.11 bits per heavy atom. The number of carbonyl (C=O) groups excluding carboxylic acids is 2. The highest BCUT2D eigenvalue weighted by atomic mass is 35.5. The summed E-state index contributed by atoms with van der Waals surface area (Å²) in [5.74, 6) is 5.05. The minimum atomic E-state index is -0.875. The van der Waals surface area contributed by atoms with Crippen LogP contribution in [0, 0.1) is 11.8 Å². The molecule has 200 valence electrons. The van der Waals surface area contributed by atoms with Gasteiger partial charge in [0.1, 0.15) is 12.2 Å². The molecule has 0 unspecified atom stereocenters. The second-order valence-electron chi connectivity index (χ2n) is 9.84. The number of hydrogen-bond donors (Lipinski definition) is 2. The summed E-state index contributed by atoms with van der Waals surface area (Å²) in [4.78, 5) is 23.5. The van der Waals surface area contributed by atoms with E-state index in [4.69, 9.17) is 33.7 Å². The van der Waals surface area contributed by atoms with Crippen LogP contribution in [0.1, 0.15) is 45.7 Å². The van der Waals surface area contributed by atoms with Crippen LogP contribution in [0.3, 0.4) is 0 Å². The summed E-state index contributed by atoms with van der Waals surface area (Å²) in [5.41, 5.74) is 6.94. The number of ether oxygens (including phenoxy) is 1. The molecule has 3 N–H and O–H groups in total. The SMILES string of the molecule is CC(C)(C#Cc1ccc(NC(=O)CSc2nnnn2-c2ccc(C(C)(C)C)cc2Cl)c(Cl)c1)OCC(N)=O. The number of rotatable bonds is 8. The molecule has 0 aliphatic heterocycles. The fourth-order valence-corrected chi connectivity index (χ4v) is 4.26. The first-order chi connectivity index (χ1) is 17.7. The van der Waals surface area contributed by atoms with Gasteiger partial charge in [0.2, 0.25) is 17.0 Å². The summed E-state index contributed by atoms with van der Waals surface area (Å²) >= 11 is 14.0. The molecule has 0 fully saturated rings. The molecular formula is C26H28Cl2N6O3S. The van der Waals surface area contributed by atoms with Gasteiger partial charge < -0.3 is 15.8 Å². The molecule has 3 rings (SSSR count). The minimum absolute atomic E-state index is 0.0430. The topological polar surface area (TPSA) is 125 Å². The lowest BCUT2D eigenvalue weighted by molar-refractivity contribution is -0.125. The third kappa shape index (κ3) is 8.20. The molecule has 2 aromatic carbocycles. The number of hydrogen-bond acceptors (Lipinski definition) is 7. The summed E-state index contributed by atoms with van der Waals surface area (Å²) in [6.07, 6.45) is 0. The Labute approximate surface area is 235 Å². The molecule has 0 atom stereocenters. The maximum Gasteiger partial charge on any atom is 0.243 e. The van der Waals surface area contributed by atoms with E-state index in [1.165, 1.54) is 4.68 Å². The second kappa shape index (κ2) is 12.2. The monoisotopic (exact) mass is 574 g/mol. The second-order valence-corrected chi connectivity index (χ2v) is 11.6. The van der Waals surface area contributed by atoms with E-state index in [-0.39, 0.29) is 23.7 Å². The molecule has 3 aromatic rings. The van der Waals surface area contributed by atoms with E-state index >= 15 is 0 Å². The van der Waals surface area contributed by atoms with Gasteiger partial charge >= 0.3 is 0 Å². The van der Waals surface area contributed by atoms with Crippen LogP contribution in [0.15, 0.2) is 41.6 Å². The molecule has 0 spiro atoms.